The number of aryl methyl sites for hydroxylation is 1. The Labute approximate surface area is 193 Å². The molecule has 154 valence electrons. The van der Waals surface area contributed by atoms with Crippen molar-refractivity contribution in [1.29, 1.82) is 0 Å². The van der Waals surface area contributed by atoms with Crippen LogP contribution in [0.4, 0.5) is 0 Å². The summed E-state index contributed by atoms with van der Waals surface area (Å²) < 4.78 is 31.5. The maximum Gasteiger partial charge on any atom is 0.145 e. The molecule has 33 heavy (non-hydrogen) atoms. The van der Waals surface area contributed by atoms with E-state index in [2.05, 4.69) is 64.0 Å². The van der Waals surface area contributed by atoms with Gasteiger partial charge in [-0.1, -0.05) is 48.5 Å². The molecular weight excluding hydrogens is 404 g/mol. The molecule has 0 aliphatic rings. The van der Waals surface area contributed by atoms with Gasteiger partial charge in [0.05, 0.1) is 27.6 Å². The van der Waals surface area contributed by atoms with Crippen LogP contribution in [0, 0.1) is 6.85 Å². The number of pyridine rings is 1. The minimum absolute atomic E-state index is 0.247. The molecule has 0 bridgehead atoms. The van der Waals surface area contributed by atoms with Crippen molar-refractivity contribution in [3.8, 4) is 11.3 Å². The average Bonchev–Trinajstić information content (AvgIpc) is 3.54. The Morgan fingerprint density at radius 3 is 2.55 bits per heavy atom. The Hall–Kier alpha value is -4.37. The number of aromatic nitrogens is 2. The monoisotopic (exact) mass is 425 g/mol. The van der Waals surface area contributed by atoms with Crippen LogP contribution >= 0.6 is 0 Å². The molecule has 0 saturated heterocycles. The summed E-state index contributed by atoms with van der Waals surface area (Å²) in [5.74, 6) is 0. The summed E-state index contributed by atoms with van der Waals surface area (Å²) in [5.41, 5.74) is 7.20. The van der Waals surface area contributed by atoms with E-state index in [0.29, 0.717) is 0 Å². The first-order valence-corrected chi connectivity index (χ1v) is 11.0. The second-order valence-electron chi connectivity index (χ2n) is 8.64. The van der Waals surface area contributed by atoms with Gasteiger partial charge in [-0.05, 0) is 48.8 Å². The lowest BCUT2D eigenvalue weighted by Gasteiger charge is -2.03. The summed E-state index contributed by atoms with van der Waals surface area (Å²) in [4.78, 5) is 4.45. The van der Waals surface area contributed by atoms with Crippen molar-refractivity contribution in [1.82, 2.24) is 9.38 Å². The summed E-state index contributed by atoms with van der Waals surface area (Å²) >= 11 is 0. The Morgan fingerprint density at radius 2 is 1.64 bits per heavy atom. The smallest absolute Gasteiger partial charge is 0.145 e. The molecule has 8 aromatic rings. The second kappa shape index (κ2) is 5.90. The first kappa shape index (κ1) is 14.6. The molecule has 0 atom stereocenters. The fourth-order valence-corrected chi connectivity index (χ4v) is 5.47. The van der Waals surface area contributed by atoms with Crippen molar-refractivity contribution in [2.24, 2.45) is 0 Å². The third-order valence-corrected chi connectivity index (χ3v) is 6.88. The number of para-hydroxylation sites is 2. The van der Waals surface area contributed by atoms with Crippen LogP contribution in [0.1, 0.15) is 9.68 Å². The number of furan rings is 1. The maximum absolute atomic E-state index is 7.60. The molecule has 4 aromatic heterocycles. The molecule has 0 unspecified atom stereocenters. The number of hydrogen-bond donors (Lipinski definition) is 0. The standard InChI is InChI=1S/C30H18N2O/c1-17-9-12-24(31-16-17)18-10-13-25-23(15-18)20-6-4-7-22-28-26(32(25)29(20)22)14-11-21-19-5-2-3-8-27(19)33-30(21)28/h2-16H,1H3/i1D3. The van der Waals surface area contributed by atoms with Gasteiger partial charge >= 0.3 is 0 Å². The highest BCUT2D eigenvalue weighted by molar-refractivity contribution is 6.29. The normalized spacial score (nSPS) is 14.1. The molecule has 3 nitrogen and oxygen atoms in total. The lowest BCUT2D eigenvalue weighted by Crippen LogP contribution is -1.85. The highest BCUT2D eigenvalue weighted by atomic mass is 16.3. The van der Waals surface area contributed by atoms with Gasteiger partial charge in [0.15, 0.2) is 0 Å². The topological polar surface area (TPSA) is 30.4 Å². The molecular formula is C30H18N2O. The quantitative estimate of drug-likeness (QED) is 0.266. The molecule has 4 heterocycles. The van der Waals surface area contributed by atoms with Crippen molar-refractivity contribution >= 4 is 60.0 Å². The van der Waals surface area contributed by atoms with Crippen LogP contribution in [0.25, 0.3) is 71.3 Å². The van der Waals surface area contributed by atoms with Crippen molar-refractivity contribution < 1.29 is 8.53 Å². The predicted molar refractivity (Wildman–Crippen MR) is 136 cm³/mol. The summed E-state index contributed by atoms with van der Waals surface area (Å²) in [5, 5.41) is 6.88. The van der Waals surface area contributed by atoms with Gasteiger partial charge in [-0.15, -0.1) is 0 Å². The van der Waals surface area contributed by atoms with Crippen molar-refractivity contribution in [3.05, 3.63) is 96.7 Å². The third kappa shape index (κ3) is 2.12. The van der Waals surface area contributed by atoms with Crippen LogP contribution in [0.3, 0.4) is 0 Å². The van der Waals surface area contributed by atoms with E-state index in [-0.39, 0.29) is 5.56 Å². The number of hydrogen-bond acceptors (Lipinski definition) is 2. The molecule has 3 heteroatoms. The number of rotatable bonds is 1. The van der Waals surface area contributed by atoms with Gasteiger partial charge in [0.2, 0.25) is 0 Å². The van der Waals surface area contributed by atoms with Gasteiger partial charge < -0.3 is 8.82 Å². The second-order valence-corrected chi connectivity index (χ2v) is 8.64. The van der Waals surface area contributed by atoms with Gasteiger partial charge in [0, 0.05) is 42.8 Å². The SMILES string of the molecule is [2H]C([2H])([2H])c1ccc(-c2ccc3c(c2)c2cccc4c5c6oc7ccccc7c6ccc5n3c24)nc1. The molecule has 0 spiro atoms. The minimum atomic E-state index is -2.16. The van der Waals surface area contributed by atoms with Crippen LogP contribution in [0.15, 0.2) is 95.5 Å². The van der Waals surface area contributed by atoms with Crippen molar-refractivity contribution in [3.63, 3.8) is 0 Å². The third-order valence-electron chi connectivity index (χ3n) is 6.88. The largest absolute Gasteiger partial charge is 0.455 e. The summed E-state index contributed by atoms with van der Waals surface area (Å²) in [6.45, 7) is -2.16. The summed E-state index contributed by atoms with van der Waals surface area (Å²) in [6, 6.07) is 28.7. The molecule has 0 saturated carbocycles. The fourth-order valence-electron chi connectivity index (χ4n) is 5.47. The van der Waals surface area contributed by atoms with Gasteiger partial charge in [0.25, 0.3) is 0 Å². The highest BCUT2D eigenvalue weighted by Crippen LogP contribution is 2.44. The minimum Gasteiger partial charge on any atom is -0.455 e. The predicted octanol–water partition coefficient (Wildman–Crippen LogP) is 8.11. The highest BCUT2D eigenvalue weighted by Gasteiger charge is 2.21. The lowest BCUT2D eigenvalue weighted by atomic mass is 10.0. The Morgan fingerprint density at radius 1 is 0.758 bits per heavy atom. The summed E-state index contributed by atoms with van der Waals surface area (Å²) in [7, 11) is 0. The Balaban J connectivity index is 1.43. The summed E-state index contributed by atoms with van der Waals surface area (Å²) in [6.07, 6.45) is 1.45. The van der Waals surface area contributed by atoms with Gasteiger partial charge in [-0.2, -0.15) is 0 Å². The molecule has 0 fully saturated rings. The van der Waals surface area contributed by atoms with E-state index >= 15 is 0 Å². The van der Waals surface area contributed by atoms with Crippen LogP contribution in [0.2, 0.25) is 0 Å². The zero-order chi connectivity index (χ0) is 24.2. The Bertz CT molecular complexity index is 2130. The van der Waals surface area contributed by atoms with Crippen LogP contribution in [0.5, 0.6) is 0 Å². The lowest BCUT2D eigenvalue weighted by molar-refractivity contribution is 0.673. The maximum atomic E-state index is 7.60. The van der Waals surface area contributed by atoms with E-state index in [1.807, 2.05) is 18.2 Å². The molecule has 0 aliphatic carbocycles. The number of fused-ring (bicyclic) bond motifs is 10. The molecule has 0 N–H and O–H groups in total. The molecule has 0 radical (unpaired) electrons. The molecule has 8 rings (SSSR count). The van der Waals surface area contributed by atoms with Gasteiger partial charge in [-0.25, -0.2) is 0 Å². The zero-order valence-corrected chi connectivity index (χ0v) is 17.5. The van der Waals surface area contributed by atoms with E-state index in [9.17, 15) is 0 Å². The van der Waals surface area contributed by atoms with Gasteiger partial charge in [-0.3, -0.25) is 4.98 Å². The van der Waals surface area contributed by atoms with Crippen molar-refractivity contribution in [2.45, 2.75) is 6.85 Å². The molecule has 4 aromatic carbocycles. The van der Waals surface area contributed by atoms with Crippen LogP contribution < -0.4 is 0 Å². The molecule has 0 amide bonds. The van der Waals surface area contributed by atoms with E-state index in [4.69, 9.17) is 8.53 Å². The average molecular weight is 426 g/mol. The van der Waals surface area contributed by atoms with E-state index in [1.165, 1.54) is 22.5 Å². The first-order chi connectivity index (χ1) is 17.5. The number of nitrogens with zero attached hydrogens (tertiary/aromatic N) is 2. The van der Waals surface area contributed by atoms with Crippen LogP contribution in [-0.2, 0) is 0 Å². The van der Waals surface area contributed by atoms with Crippen molar-refractivity contribution in [2.75, 3.05) is 0 Å². The first-order valence-electron chi connectivity index (χ1n) is 12.5. The van der Waals surface area contributed by atoms with Gasteiger partial charge in [0.1, 0.15) is 11.2 Å². The van der Waals surface area contributed by atoms with E-state index in [0.717, 1.165) is 55.0 Å². The van der Waals surface area contributed by atoms with E-state index < -0.39 is 6.85 Å². The zero-order valence-electron chi connectivity index (χ0n) is 20.5. The fraction of sp³-hybridized carbons (Fsp3) is 0.0333. The Kier molecular flexibility index (Phi) is 2.62. The number of benzene rings is 4. The van der Waals surface area contributed by atoms with Crippen LogP contribution in [-0.4, -0.2) is 9.38 Å². The molecule has 0 aliphatic heterocycles. The van der Waals surface area contributed by atoms with E-state index in [1.54, 1.807) is 12.1 Å².